The van der Waals surface area contributed by atoms with Crippen LogP contribution in [-0.2, 0) is 11.3 Å². The van der Waals surface area contributed by atoms with Gasteiger partial charge in [0.15, 0.2) is 0 Å². The molecule has 0 radical (unpaired) electrons. The Bertz CT molecular complexity index is 1460. The monoisotopic (exact) mass is 685 g/mol. The number of ether oxygens (including phenoxy) is 1. The van der Waals surface area contributed by atoms with E-state index in [0.29, 0.717) is 19.6 Å². The summed E-state index contributed by atoms with van der Waals surface area (Å²) in [4.78, 5) is 42.4. The third kappa shape index (κ3) is 9.09. The maximum atomic E-state index is 13.2. The molecule has 0 aliphatic heterocycles. The Morgan fingerprint density at radius 2 is 1.67 bits per heavy atom. The van der Waals surface area contributed by atoms with Crippen LogP contribution in [0.3, 0.4) is 0 Å². The molecule has 0 heterocycles. The molecule has 3 amide bonds. The van der Waals surface area contributed by atoms with Crippen LogP contribution in [0.25, 0.3) is 0 Å². The molecule has 1 saturated carbocycles. The lowest BCUT2D eigenvalue weighted by molar-refractivity contribution is -0.211. The van der Waals surface area contributed by atoms with Crippen LogP contribution < -0.4 is 15.4 Å². The number of anilines is 1. The largest absolute Gasteiger partial charge is 0.487 e. The fourth-order valence-corrected chi connectivity index (χ4v) is 4.86. The number of halogens is 9. The third-order valence-electron chi connectivity index (χ3n) is 7.17. The summed E-state index contributed by atoms with van der Waals surface area (Å²) in [5.74, 6) is -4.23. The molecule has 3 rings (SSSR count). The van der Waals surface area contributed by atoms with Gasteiger partial charge in [-0.1, -0.05) is 29.3 Å². The van der Waals surface area contributed by atoms with Gasteiger partial charge in [-0.15, -0.1) is 0 Å². The van der Waals surface area contributed by atoms with Crippen LogP contribution in [0, 0.1) is 11.3 Å². The Hall–Kier alpha value is -3.39. The summed E-state index contributed by atoms with van der Waals surface area (Å²) in [5, 5.41) is 4.17. The lowest BCUT2D eigenvalue weighted by atomic mass is 9.88. The summed E-state index contributed by atoms with van der Waals surface area (Å²) in [6.45, 7) is -0.107. The first-order valence-electron chi connectivity index (χ1n) is 13.5. The van der Waals surface area contributed by atoms with Crippen molar-refractivity contribution in [1.29, 1.82) is 0 Å². The van der Waals surface area contributed by atoms with Crippen LogP contribution in [0.15, 0.2) is 35.3 Å². The highest BCUT2D eigenvalue weighted by molar-refractivity contribution is 6.40. The van der Waals surface area contributed by atoms with Crippen molar-refractivity contribution in [2.75, 3.05) is 11.9 Å². The van der Waals surface area contributed by atoms with Gasteiger partial charge in [0.25, 0.3) is 18.2 Å². The van der Waals surface area contributed by atoms with Gasteiger partial charge < -0.3 is 15.4 Å². The summed E-state index contributed by atoms with van der Waals surface area (Å²) in [6, 6.07) is 6.05. The smallest absolute Gasteiger partial charge is 0.402 e. The number of nitrogens with zero attached hydrogens (tertiary/aromatic N) is 1. The molecule has 16 heteroatoms. The molecule has 45 heavy (non-hydrogen) atoms. The van der Waals surface area contributed by atoms with E-state index in [1.807, 2.05) is 0 Å². The number of amides is 3. The minimum atomic E-state index is -4.83. The predicted molar refractivity (Wildman–Crippen MR) is 154 cm³/mol. The summed E-state index contributed by atoms with van der Waals surface area (Å²) >= 11 is 12.5. The molecule has 0 saturated heterocycles. The number of alkyl halides is 7. The van der Waals surface area contributed by atoms with Crippen molar-refractivity contribution >= 4 is 52.3 Å². The Balaban J connectivity index is 1.84. The average Bonchev–Trinajstić information content (AvgIpc) is 2.95. The molecule has 2 aromatic carbocycles. The minimum absolute atomic E-state index is 0.0351. The van der Waals surface area contributed by atoms with E-state index in [-0.39, 0.29) is 63.9 Å². The molecule has 246 valence electrons. The molecule has 0 unspecified atom stereocenters. The van der Waals surface area contributed by atoms with Crippen molar-refractivity contribution in [2.45, 2.75) is 65.1 Å². The van der Waals surface area contributed by atoms with E-state index in [0.717, 1.165) is 12.1 Å². The first-order chi connectivity index (χ1) is 20.9. The van der Waals surface area contributed by atoms with Crippen molar-refractivity contribution in [3.05, 3.63) is 57.1 Å². The first kappa shape index (κ1) is 36.1. The maximum absolute atomic E-state index is 13.2. The number of hydrogen-bond acceptors (Lipinski definition) is 4. The van der Waals surface area contributed by atoms with Crippen LogP contribution in [0.2, 0.25) is 10.0 Å². The molecular formula is C29H28Cl2F7N3O4. The molecular weight excluding hydrogens is 658 g/mol. The molecule has 2 N–H and O–H groups in total. The fourth-order valence-electron chi connectivity index (χ4n) is 4.25. The molecule has 0 spiro atoms. The van der Waals surface area contributed by atoms with Gasteiger partial charge in [-0.25, -0.2) is 22.6 Å². The second-order valence-corrected chi connectivity index (χ2v) is 11.5. The van der Waals surface area contributed by atoms with Gasteiger partial charge in [-0.2, -0.15) is 13.2 Å². The van der Waals surface area contributed by atoms with Crippen molar-refractivity contribution in [2.24, 2.45) is 16.3 Å². The number of carbonyl (C=O) groups excluding carboxylic acids is 3. The second kappa shape index (κ2) is 14.8. The molecule has 1 fully saturated rings. The zero-order valence-electron chi connectivity index (χ0n) is 23.8. The van der Waals surface area contributed by atoms with E-state index < -0.39 is 61.2 Å². The van der Waals surface area contributed by atoms with E-state index in [4.69, 9.17) is 27.9 Å². The molecule has 7 nitrogen and oxygen atoms in total. The van der Waals surface area contributed by atoms with Gasteiger partial charge >= 0.3 is 6.18 Å². The Kier molecular flexibility index (Phi) is 11.9. The van der Waals surface area contributed by atoms with E-state index in [1.165, 1.54) is 18.2 Å². The molecule has 1 aliphatic carbocycles. The SMILES string of the molecule is CC(C)(C(=O)NCc1ccc(Cl)c(C(=O)Nc2ccc(OCC(F)F)c(C(=O)N=C3CCC(C(F)F)CC3)c2)c1Cl)C(F)(F)F. The molecule has 0 bridgehead atoms. The summed E-state index contributed by atoms with van der Waals surface area (Å²) < 4.78 is 96.3. The van der Waals surface area contributed by atoms with E-state index >= 15 is 0 Å². The van der Waals surface area contributed by atoms with Crippen LogP contribution in [0.4, 0.5) is 36.4 Å². The van der Waals surface area contributed by atoms with Gasteiger partial charge in [-0.3, -0.25) is 14.4 Å². The van der Waals surface area contributed by atoms with Gasteiger partial charge in [0, 0.05) is 23.9 Å². The number of rotatable bonds is 10. The van der Waals surface area contributed by atoms with E-state index in [2.05, 4.69) is 15.6 Å². The van der Waals surface area contributed by atoms with Crippen molar-refractivity contribution in [1.82, 2.24) is 5.32 Å². The van der Waals surface area contributed by atoms with Gasteiger partial charge in [0.05, 0.1) is 21.2 Å². The van der Waals surface area contributed by atoms with Gasteiger partial charge in [0.2, 0.25) is 12.3 Å². The number of benzene rings is 2. The molecule has 0 atom stereocenters. The zero-order chi connectivity index (χ0) is 33.7. The Morgan fingerprint density at radius 1 is 1.02 bits per heavy atom. The van der Waals surface area contributed by atoms with Gasteiger partial charge in [-0.05, 0) is 69.4 Å². The summed E-state index contributed by atoms with van der Waals surface area (Å²) in [6.07, 6.45) is -9.66. The highest BCUT2D eigenvalue weighted by atomic mass is 35.5. The minimum Gasteiger partial charge on any atom is -0.487 e. The zero-order valence-corrected chi connectivity index (χ0v) is 25.4. The maximum Gasteiger partial charge on any atom is 0.402 e. The number of carbonyl (C=O) groups is 3. The topological polar surface area (TPSA) is 96.9 Å². The second-order valence-electron chi connectivity index (χ2n) is 10.7. The number of nitrogens with one attached hydrogen (secondary N) is 2. The number of hydrogen-bond donors (Lipinski definition) is 2. The average molecular weight is 686 g/mol. The standard InChI is InChI=1S/C29H28Cl2F7N3O4/c1-28(2,29(36,37)38)27(44)39-12-15-5-9-19(30)22(23(15)31)26(43)41-17-8-10-20(45-13-21(32)33)18(11-17)25(42)40-16-6-3-14(4-7-16)24(34)35/h5,8-11,14,21,24H,3-4,6-7,12-13H2,1-2H3,(H,39,44)(H,41,43). The van der Waals surface area contributed by atoms with E-state index in [9.17, 15) is 45.1 Å². The van der Waals surface area contributed by atoms with E-state index in [1.54, 1.807) is 0 Å². The normalized spacial score (nSPS) is 15.7. The molecule has 1 aliphatic rings. The van der Waals surface area contributed by atoms with Crippen LogP contribution >= 0.6 is 23.2 Å². The van der Waals surface area contributed by atoms with Crippen LogP contribution in [0.5, 0.6) is 5.75 Å². The third-order valence-corrected chi connectivity index (χ3v) is 7.92. The number of aliphatic imine (C=N–C) groups is 1. The lowest BCUT2D eigenvalue weighted by Gasteiger charge is -2.26. The van der Waals surface area contributed by atoms with Crippen LogP contribution in [0.1, 0.15) is 65.8 Å². The molecule has 0 aromatic heterocycles. The summed E-state index contributed by atoms with van der Waals surface area (Å²) in [7, 11) is 0. The fraction of sp³-hybridized carbons (Fsp3) is 0.448. The summed E-state index contributed by atoms with van der Waals surface area (Å²) in [5.41, 5.74) is -2.91. The highest BCUT2D eigenvalue weighted by Crippen LogP contribution is 2.38. The Morgan fingerprint density at radius 3 is 2.24 bits per heavy atom. The lowest BCUT2D eigenvalue weighted by Crippen LogP contribution is -2.46. The van der Waals surface area contributed by atoms with Gasteiger partial charge in [0.1, 0.15) is 17.8 Å². The van der Waals surface area contributed by atoms with Crippen molar-refractivity contribution < 1.29 is 49.9 Å². The highest BCUT2D eigenvalue weighted by Gasteiger charge is 2.52. The predicted octanol–water partition coefficient (Wildman–Crippen LogP) is 8.13. The Labute approximate surface area is 263 Å². The van der Waals surface area contributed by atoms with Crippen LogP contribution in [-0.4, -0.2) is 49.1 Å². The van der Waals surface area contributed by atoms with Crippen molar-refractivity contribution in [3.8, 4) is 5.75 Å². The van der Waals surface area contributed by atoms with Crippen molar-refractivity contribution in [3.63, 3.8) is 0 Å². The first-order valence-corrected chi connectivity index (χ1v) is 14.2. The quantitative estimate of drug-likeness (QED) is 0.247. The molecule has 2 aromatic rings.